The molecule has 0 bridgehead atoms. The minimum Gasteiger partial charge on any atom is -0.352 e. The molecule has 0 saturated heterocycles. The van der Waals surface area contributed by atoms with Gasteiger partial charge in [0.15, 0.2) is 5.82 Å². The smallest absolute Gasteiger partial charge is 0.348 e. The van der Waals surface area contributed by atoms with Gasteiger partial charge in [-0.25, -0.2) is 9.18 Å². The number of H-pyrrole nitrogens is 1. The first kappa shape index (κ1) is 23.6. The van der Waals surface area contributed by atoms with Crippen LogP contribution in [0.25, 0.3) is 17.1 Å². The zero-order valence-corrected chi connectivity index (χ0v) is 20.2. The molecule has 0 aliphatic heterocycles. The molecule has 36 heavy (non-hydrogen) atoms. The predicted octanol–water partition coefficient (Wildman–Crippen LogP) is 4.75. The van der Waals surface area contributed by atoms with E-state index in [0.717, 1.165) is 34.2 Å². The lowest BCUT2D eigenvalue weighted by molar-refractivity contribution is -0.122. The second-order valence-corrected chi connectivity index (χ2v) is 9.19. The van der Waals surface area contributed by atoms with E-state index in [1.54, 1.807) is 24.3 Å². The fraction of sp³-hybridized carbons (Fsp3) is 0.179. The van der Waals surface area contributed by atoms with Crippen molar-refractivity contribution in [2.24, 2.45) is 5.92 Å². The number of benzene rings is 3. The zero-order valence-electron chi connectivity index (χ0n) is 19.4. The zero-order chi connectivity index (χ0) is 25.2. The van der Waals surface area contributed by atoms with E-state index in [-0.39, 0.29) is 23.2 Å². The Morgan fingerprint density at radius 2 is 1.92 bits per heavy atom. The Bertz CT molecular complexity index is 1590. The van der Waals surface area contributed by atoms with Crippen molar-refractivity contribution in [3.63, 3.8) is 0 Å². The maximum Gasteiger partial charge on any atom is 0.348 e. The lowest BCUT2D eigenvalue weighted by Gasteiger charge is -2.08. The van der Waals surface area contributed by atoms with E-state index in [9.17, 15) is 14.0 Å². The summed E-state index contributed by atoms with van der Waals surface area (Å²) in [6.07, 6.45) is 1.83. The van der Waals surface area contributed by atoms with Crippen LogP contribution >= 0.6 is 11.6 Å². The molecule has 180 valence electrons. The van der Waals surface area contributed by atoms with Crippen molar-refractivity contribution in [3.05, 3.63) is 104 Å². The molecule has 1 aromatic heterocycles. The summed E-state index contributed by atoms with van der Waals surface area (Å²) in [4.78, 5) is 27.2. The Morgan fingerprint density at radius 1 is 1.14 bits per heavy atom. The van der Waals surface area contributed by atoms with Gasteiger partial charge in [0.25, 0.3) is 0 Å². The maximum atomic E-state index is 15.0. The van der Waals surface area contributed by atoms with Crippen LogP contribution in [-0.2, 0) is 11.3 Å². The highest BCUT2D eigenvalue weighted by atomic mass is 35.5. The number of aryl methyl sites for hydroxylation is 1. The minimum absolute atomic E-state index is 0.0215. The van der Waals surface area contributed by atoms with Gasteiger partial charge in [-0.1, -0.05) is 41.6 Å². The fourth-order valence-corrected chi connectivity index (χ4v) is 3.97. The largest absolute Gasteiger partial charge is 0.352 e. The number of hydrogen-bond acceptors (Lipinski definition) is 3. The minimum atomic E-state index is -0.561. The fourth-order valence-electron chi connectivity index (χ4n) is 3.77. The molecule has 0 atom stereocenters. The molecule has 1 amide bonds. The summed E-state index contributed by atoms with van der Waals surface area (Å²) in [5.74, 6) is 5.62. The summed E-state index contributed by atoms with van der Waals surface area (Å²) >= 11 is 6.34. The Balaban J connectivity index is 1.39. The van der Waals surface area contributed by atoms with Gasteiger partial charge in [-0.3, -0.25) is 9.78 Å². The number of rotatable bonds is 5. The van der Waals surface area contributed by atoms with Gasteiger partial charge >= 0.3 is 5.69 Å². The van der Waals surface area contributed by atoms with E-state index >= 15 is 0 Å². The summed E-state index contributed by atoms with van der Waals surface area (Å²) in [5.41, 5.74) is 3.12. The molecule has 0 unspecified atom stereocenters. The third-order valence-corrected chi connectivity index (χ3v) is 6.18. The topological polar surface area (TPSA) is 79.8 Å². The summed E-state index contributed by atoms with van der Waals surface area (Å²) < 4.78 is 16.0. The van der Waals surface area contributed by atoms with Crippen LogP contribution < -0.4 is 11.0 Å². The van der Waals surface area contributed by atoms with E-state index in [4.69, 9.17) is 11.6 Å². The van der Waals surface area contributed by atoms with Crippen LogP contribution in [0, 0.1) is 30.5 Å². The van der Waals surface area contributed by atoms with E-state index in [1.807, 2.05) is 31.2 Å². The van der Waals surface area contributed by atoms with Crippen LogP contribution in [-0.4, -0.2) is 20.7 Å². The van der Waals surface area contributed by atoms with Crippen LogP contribution in [0.4, 0.5) is 4.39 Å². The number of amides is 1. The molecule has 3 aromatic carbocycles. The van der Waals surface area contributed by atoms with E-state index in [0.29, 0.717) is 22.8 Å². The second-order valence-electron chi connectivity index (χ2n) is 8.78. The maximum absolute atomic E-state index is 15.0. The SMILES string of the molecule is Cc1cccc(C#Cc2ccc(-c3nn(-c4cc(CNC(=O)C5CC5)ccc4Cl)c(=O)[nH]3)c(F)c2)c1. The van der Waals surface area contributed by atoms with Gasteiger partial charge in [0.05, 0.1) is 16.3 Å². The van der Waals surface area contributed by atoms with Gasteiger partial charge < -0.3 is 5.32 Å². The molecule has 5 rings (SSSR count). The number of nitrogens with one attached hydrogen (secondary N) is 2. The number of aromatic nitrogens is 3. The van der Waals surface area contributed by atoms with Crippen molar-refractivity contribution in [3.8, 4) is 28.9 Å². The van der Waals surface area contributed by atoms with E-state index in [2.05, 4.69) is 27.2 Å². The average Bonchev–Trinajstić information content (AvgIpc) is 3.64. The molecular weight excluding hydrogens is 479 g/mol. The number of carbonyl (C=O) groups is 1. The highest BCUT2D eigenvalue weighted by Crippen LogP contribution is 2.29. The Kier molecular flexibility index (Phi) is 6.45. The molecule has 1 fully saturated rings. The van der Waals surface area contributed by atoms with Gasteiger partial charge in [0.1, 0.15) is 5.82 Å². The lowest BCUT2D eigenvalue weighted by Crippen LogP contribution is -2.24. The van der Waals surface area contributed by atoms with E-state index < -0.39 is 11.5 Å². The Hall–Kier alpha value is -4.15. The van der Waals surface area contributed by atoms with Crippen LogP contribution in [0.2, 0.25) is 5.02 Å². The second kappa shape index (κ2) is 9.84. The number of aromatic amines is 1. The number of carbonyl (C=O) groups excluding carboxylic acids is 1. The molecular formula is C28H22ClFN4O2. The third kappa shape index (κ3) is 5.24. The molecule has 4 aromatic rings. The molecule has 0 radical (unpaired) electrons. The monoisotopic (exact) mass is 500 g/mol. The molecule has 0 spiro atoms. The van der Waals surface area contributed by atoms with Gasteiger partial charge in [0, 0.05) is 23.6 Å². The molecule has 6 nitrogen and oxygen atoms in total. The molecule has 1 heterocycles. The molecule has 2 N–H and O–H groups in total. The van der Waals surface area contributed by atoms with Gasteiger partial charge in [0.2, 0.25) is 5.91 Å². The van der Waals surface area contributed by atoms with Crippen LogP contribution in [0.3, 0.4) is 0 Å². The predicted molar refractivity (Wildman–Crippen MR) is 136 cm³/mol. The van der Waals surface area contributed by atoms with Gasteiger partial charge in [-0.2, -0.15) is 4.68 Å². The third-order valence-electron chi connectivity index (χ3n) is 5.86. The normalized spacial score (nSPS) is 12.6. The van der Waals surface area contributed by atoms with Crippen LogP contribution in [0.1, 0.15) is 35.1 Å². The van der Waals surface area contributed by atoms with Crippen LogP contribution in [0.5, 0.6) is 0 Å². The van der Waals surface area contributed by atoms with Gasteiger partial charge in [-0.05, 0) is 73.4 Å². The summed E-state index contributed by atoms with van der Waals surface area (Å²) in [6, 6.07) is 17.4. The number of halogens is 2. The number of nitrogens with zero attached hydrogens (tertiary/aromatic N) is 2. The lowest BCUT2D eigenvalue weighted by atomic mass is 10.1. The Morgan fingerprint density at radius 3 is 2.64 bits per heavy atom. The standard InChI is InChI=1S/C28H22ClFN4O2/c1-17-3-2-4-18(13-17)5-6-19-7-11-22(24(30)14-19)26-32-28(36)34(33-26)25-15-20(8-12-23(25)29)16-31-27(35)21-9-10-21/h2-4,7-8,11-15,21H,9-10,16H2,1H3,(H,31,35)(H,32,33,36). The van der Waals surface area contributed by atoms with Crippen LogP contribution in [0.15, 0.2) is 65.5 Å². The summed E-state index contributed by atoms with van der Waals surface area (Å²) in [7, 11) is 0. The van der Waals surface area contributed by atoms with Crippen molar-refractivity contribution in [2.75, 3.05) is 0 Å². The van der Waals surface area contributed by atoms with Crippen molar-refractivity contribution in [1.82, 2.24) is 20.1 Å². The van der Waals surface area contributed by atoms with Crippen molar-refractivity contribution in [1.29, 1.82) is 0 Å². The highest BCUT2D eigenvalue weighted by molar-refractivity contribution is 6.32. The molecule has 8 heteroatoms. The molecule has 1 saturated carbocycles. The molecule has 1 aliphatic carbocycles. The van der Waals surface area contributed by atoms with Crippen molar-refractivity contribution < 1.29 is 9.18 Å². The number of hydrogen-bond donors (Lipinski definition) is 2. The first-order valence-electron chi connectivity index (χ1n) is 11.5. The summed E-state index contributed by atoms with van der Waals surface area (Å²) in [6.45, 7) is 2.29. The first-order chi connectivity index (χ1) is 17.4. The highest BCUT2D eigenvalue weighted by Gasteiger charge is 2.29. The molecule has 1 aliphatic rings. The summed E-state index contributed by atoms with van der Waals surface area (Å²) in [5, 5.41) is 7.46. The quantitative estimate of drug-likeness (QED) is 0.388. The van der Waals surface area contributed by atoms with Crippen molar-refractivity contribution >= 4 is 17.5 Å². The average molecular weight is 501 g/mol. The van der Waals surface area contributed by atoms with Crippen molar-refractivity contribution in [2.45, 2.75) is 26.3 Å². The Labute approximate surface area is 212 Å². The van der Waals surface area contributed by atoms with Gasteiger partial charge in [-0.15, -0.1) is 5.10 Å². The first-order valence-corrected chi connectivity index (χ1v) is 11.9. The van der Waals surface area contributed by atoms with E-state index in [1.165, 1.54) is 12.1 Å².